The van der Waals surface area contributed by atoms with Crippen molar-refractivity contribution < 1.29 is 14.3 Å². The van der Waals surface area contributed by atoms with E-state index in [0.29, 0.717) is 38.5 Å². The molecule has 230 valence electrons. The molecule has 3 aromatic rings. The van der Waals surface area contributed by atoms with E-state index in [1.54, 1.807) is 11.3 Å². The Balaban J connectivity index is 0.00000301. The summed E-state index contributed by atoms with van der Waals surface area (Å²) in [5.41, 5.74) is 3.57. The van der Waals surface area contributed by atoms with Crippen molar-refractivity contribution in [2.24, 2.45) is 5.92 Å². The Bertz CT molecular complexity index is 1270. The first-order valence-electron chi connectivity index (χ1n) is 14.7. The maximum Gasteiger partial charge on any atom is 0.407 e. The maximum absolute atomic E-state index is 12.7. The molecule has 0 radical (unpaired) electrons. The normalized spacial score (nSPS) is 11.0. The first-order valence-corrected chi connectivity index (χ1v) is 15.9. The van der Waals surface area contributed by atoms with Crippen molar-refractivity contribution in [3.63, 3.8) is 0 Å². The molecule has 2 N–H and O–H groups in total. The number of hydrogen-bond donors (Lipinski definition) is 2. The molecule has 3 rings (SSSR count). The zero-order valence-electron chi connectivity index (χ0n) is 26.3. The van der Waals surface area contributed by atoms with E-state index in [4.69, 9.17) is 21.3 Å². The molecule has 0 aliphatic heterocycles. The van der Waals surface area contributed by atoms with E-state index < -0.39 is 11.7 Å². The second-order valence-corrected chi connectivity index (χ2v) is 12.7. The molecule has 1 heterocycles. The third-order valence-corrected chi connectivity index (χ3v) is 7.48. The molecule has 2 aromatic carbocycles. The number of nitrogens with one attached hydrogen (secondary N) is 2. The minimum absolute atomic E-state index is 0.0893. The SMILES string of the molecule is CC.Cc1ccc(-c2nc(N(CCC(=O)NCCNC(=O)OC(C)(C)C)Cc3ccccc3)sc2CC(C)C)cc1Cl. The fourth-order valence-corrected chi connectivity index (χ4v) is 5.50. The molecule has 9 heteroatoms. The monoisotopic (exact) mass is 614 g/mol. The number of thiazole rings is 1. The molecule has 0 saturated heterocycles. The number of carbonyl (C=O) groups excluding carboxylic acids is 2. The summed E-state index contributed by atoms with van der Waals surface area (Å²) in [5, 5.41) is 7.15. The third kappa shape index (κ3) is 12.0. The van der Waals surface area contributed by atoms with Gasteiger partial charge in [-0.3, -0.25) is 4.79 Å². The highest BCUT2D eigenvalue weighted by Gasteiger charge is 2.20. The number of anilines is 1. The van der Waals surface area contributed by atoms with Crippen LogP contribution in [0.15, 0.2) is 48.5 Å². The number of benzene rings is 2. The van der Waals surface area contributed by atoms with E-state index in [0.717, 1.165) is 39.0 Å². The Morgan fingerprint density at radius 3 is 2.33 bits per heavy atom. The van der Waals surface area contributed by atoms with Gasteiger partial charge in [0, 0.05) is 48.1 Å². The minimum atomic E-state index is -0.564. The van der Waals surface area contributed by atoms with Crippen LogP contribution in [0.25, 0.3) is 11.3 Å². The van der Waals surface area contributed by atoms with Crippen molar-refractivity contribution in [1.82, 2.24) is 15.6 Å². The van der Waals surface area contributed by atoms with Crippen molar-refractivity contribution in [3.05, 3.63) is 69.6 Å². The van der Waals surface area contributed by atoms with E-state index in [9.17, 15) is 9.59 Å². The van der Waals surface area contributed by atoms with Crippen LogP contribution in [-0.4, -0.2) is 42.2 Å². The zero-order valence-corrected chi connectivity index (χ0v) is 27.9. The highest BCUT2D eigenvalue weighted by molar-refractivity contribution is 7.16. The Morgan fingerprint density at radius 1 is 1.05 bits per heavy atom. The quantitative estimate of drug-likeness (QED) is 0.202. The van der Waals surface area contributed by atoms with Crippen LogP contribution in [0, 0.1) is 12.8 Å². The number of amides is 2. The Morgan fingerprint density at radius 2 is 1.71 bits per heavy atom. The molecule has 7 nitrogen and oxygen atoms in total. The van der Waals surface area contributed by atoms with Crippen molar-refractivity contribution in [2.75, 3.05) is 24.5 Å². The first kappa shape index (κ1) is 35.1. The van der Waals surface area contributed by atoms with Gasteiger partial charge in [0.15, 0.2) is 5.13 Å². The molecule has 2 amide bonds. The highest BCUT2D eigenvalue weighted by atomic mass is 35.5. The predicted octanol–water partition coefficient (Wildman–Crippen LogP) is 8.03. The van der Waals surface area contributed by atoms with E-state index in [1.807, 2.05) is 71.9 Å². The Kier molecular flexibility index (Phi) is 14.3. The summed E-state index contributed by atoms with van der Waals surface area (Å²) in [6.45, 7) is 17.6. The minimum Gasteiger partial charge on any atom is -0.444 e. The van der Waals surface area contributed by atoms with Crippen molar-refractivity contribution in [2.45, 2.75) is 80.4 Å². The molecular formula is C33H47ClN4O3S. The van der Waals surface area contributed by atoms with Gasteiger partial charge in [-0.25, -0.2) is 9.78 Å². The summed E-state index contributed by atoms with van der Waals surface area (Å²) in [5.74, 6) is 0.379. The van der Waals surface area contributed by atoms with Crippen LogP contribution in [0.3, 0.4) is 0 Å². The molecule has 0 atom stereocenters. The number of ether oxygens (including phenoxy) is 1. The lowest BCUT2D eigenvalue weighted by atomic mass is 10.0. The van der Waals surface area contributed by atoms with Gasteiger partial charge in [-0.05, 0) is 57.2 Å². The summed E-state index contributed by atoms with van der Waals surface area (Å²) < 4.78 is 5.23. The number of hydrogen-bond acceptors (Lipinski definition) is 6. The van der Waals surface area contributed by atoms with Gasteiger partial charge in [0.05, 0.1) is 5.69 Å². The molecule has 0 bridgehead atoms. The summed E-state index contributed by atoms with van der Waals surface area (Å²) in [4.78, 5) is 33.0. The van der Waals surface area contributed by atoms with Crippen LogP contribution in [0.4, 0.5) is 9.93 Å². The topological polar surface area (TPSA) is 83.6 Å². The molecule has 0 aliphatic rings. The van der Waals surface area contributed by atoms with Gasteiger partial charge in [-0.1, -0.05) is 81.8 Å². The van der Waals surface area contributed by atoms with E-state index in [1.165, 1.54) is 4.88 Å². The number of aryl methyl sites for hydroxylation is 1. The standard InChI is InChI=1S/C31H41ClN4O3S.C2H6/c1-21(2)18-26-28(24-13-12-22(3)25(32)19-24)35-29(40-26)36(20-23-10-8-7-9-11-23)17-14-27(37)33-15-16-34-30(38)39-31(4,5)6;1-2/h7-13,19,21H,14-18,20H2,1-6H3,(H,33,37)(H,34,38);1-2H3. The Hall–Kier alpha value is -3.10. The van der Waals surface area contributed by atoms with Crippen LogP contribution >= 0.6 is 22.9 Å². The first-order chi connectivity index (χ1) is 19.9. The molecule has 0 unspecified atom stereocenters. The van der Waals surface area contributed by atoms with Crippen LogP contribution in [0.1, 0.15) is 70.9 Å². The second kappa shape index (κ2) is 17.1. The van der Waals surface area contributed by atoms with E-state index >= 15 is 0 Å². The smallest absolute Gasteiger partial charge is 0.407 e. The average molecular weight is 615 g/mol. The molecular weight excluding hydrogens is 568 g/mol. The second-order valence-electron chi connectivity index (χ2n) is 11.3. The van der Waals surface area contributed by atoms with Gasteiger partial charge in [-0.15, -0.1) is 11.3 Å². The van der Waals surface area contributed by atoms with Crippen LogP contribution in [-0.2, 0) is 22.5 Å². The average Bonchev–Trinajstić information content (AvgIpc) is 3.34. The third-order valence-electron chi connectivity index (χ3n) is 5.94. The van der Waals surface area contributed by atoms with Crippen molar-refractivity contribution >= 4 is 40.1 Å². The lowest BCUT2D eigenvalue weighted by Crippen LogP contribution is -2.38. The molecule has 42 heavy (non-hydrogen) atoms. The molecule has 1 aromatic heterocycles. The van der Waals surface area contributed by atoms with Crippen LogP contribution < -0.4 is 15.5 Å². The summed E-state index contributed by atoms with van der Waals surface area (Å²) in [6, 6.07) is 16.3. The van der Waals surface area contributed by atoms with Crippen molar-refractivity contribution in [1.29, 1.82) is 0 Å². The number of rotatable bonds is 12. The molecule has 0 fully saturated rings. The van der Waals surface area contributed by atoms with Gasteiger partial charge in [0.1, 0.15) is 5.60 Å². The Labute approximate surface area is 261 Å². The highest BCUT2D eigenvalue weighted by Crippen LogP contribution is 2.36. The molecule has 0 spiro atoms. The van der Waals surface area contributed by atoms with E-state index in [2.05, 4.69) is 47.6 Å². The van der Waals surface area contributed by atoms with Crippen LogP contribution in [0.5, 0.6) is 0 Å². The number of aromatic nitrogens is 1. The lowest BCUT2D eigenvalue weighted by Gasteiger charge is -2.22. The summed E-state index contributed by atoms with van der Waals surface area (Å²) in [7, 11) is 0. The van der Waals surface area contributed by atoms with E-state index in [-0.39, 0.29) is 5.91 Å². The maximum atomic E-state index is 12.7. The number of alkyl carbamates (subject to hydrolysis) is 1. The van der Waals surface area contributed by atoms with Gasteiger partial charge in [0.2, 0.25) is 5.91 Å². The van der Waals surface area contributed by atoms with Gasteiger partial charge < -0.3 is 20.3 Å². The summed E-state index contributed by atoms with van der Waals surface area (Å²) >= 11 is 8.15. The predicted molar refractivity (Wildman–Crippen MR) is 177 cm³/mol. The fourth-order valence-electron chi connectivity index (χ4n) is 4.00. The number of nitrogens with zero attached hydrogens (tertiary/aromatic N) is 2. The van der Waals surface area contributed by atoms with Crippen molar-refractivity contribution in [3.8, 4) is 11.3 Å². The number of halogens is 1. The molecule has 0 saturated carbocycles. The van der Waals surface area contributed by atoms with Gasteiger partial charge in [-0.2, -0.15) is 0 Å². The largest absolute Gasteiger partial charge is 0.444 e. The van der Waals surface area contributed by atoms with Gasteiger partial charge in [0.25, 0.3) is 0 Å². The molecule has 0 aliphatic carbocycles. The summed E-state index contributed by atoms with van der Waals surface area (Å²) in [6.07, 6.45) is 0.704. The number of carbonyl (C=O) groups is 2. The lowest BCUT2D eigenvalue weighted by molar-refractivity contribution is -0.120. The zero-order chi connectivity index (χ0) is 31.3. The van der Waals surface area contributed by atoms with Gasteiger partial charge >= 0.3 is 6.09 Å². The van der Waals surface area contributed by atoms with Crippen LogP contribution in [0.2, 0.25) is 5.02 Å². The fraction of sp³-hybridized carbons (Fsp3) is 0.485.